The number of methoxy groups -OCH3 is 2. The summed E-state index contributed by atoms with van der Waals surface area (Å²) in [4.78, 5) is 24.8. The third-order valence-corrected chi connectivity index (χ3v) is 8.17. The predicted octanol–water partition coefficient (Wildman–Crippen LogP) is 3.76. The van der Waals surface area contributed by atoms with Crippen LogP contribution in [0.4, 0.5) is 10.5 Å². The van der Waals surface area contributed by atoms with Gasteiger partial charge in [0.2, 0.25) is 0 Å². The summed E-state index contributed by atoms with van der Waals surface area (Å²) in [6, 6.07) is 5.09. The molecule has 6 atom stereocenters. The maximum absolute atomic E-state index is 12.8. The second kappa shape index (κ2) is 8.46. The number of carbonyl (C=O) groups is 2. The molecule has 176 valence electrons. The number of fused-ring (bicyclic) bond motifs is 3. The fraction of sp³-hybridized carbons (Fsp3) is 0.667. The zero-order valence-electron chi connectivity index (χ0n) is 19.2. The molecular formula is C24H33NO7. The molecule has 8 heteroatoms. The van der Waals surface area contributed by atoms with Crippen molar-refractivity contribution in [2.24, 2.45) is 22.7 Å². The molecule has 8 nitrogen and oxygen atoms in total. The topological polar surface area (TPSA) is 103 Å². The Hall–Kier alpha value is -2.48. The molecule has 0 bridgehead atoms. The molecule has 1 aromatic rings. The SMILES string of the molecule is COc1cc(NC(=O)O[C@@H]2CC[C@]3(C)[C@H](CC[C@@H]4OC(=O)C[C@H]43)[C@]2(C)CO)cc(OC)c1. The maximum Gasteiger partial charge on any atom is 0.411 e. The van der Waals surface area contributed by atoms with Crippen LogP contribution in [-0.4, -0.2) is 50.2 Å². The van der Waals surface area contributed by atoms with Crippen molar-refractivity contribution in [3.05, 3.63) is 18.2 Å². The summed E-state index contributed by atoms with van der Waals surface area (Å²) in [7, 11) is 3.08. The molecule has 3 fully saturated rings. The van der Waals surface area contributed by atoms with Crippen LogP contribution in [0, 0.1) is 22.7 Å². The van der Waals surface area contributed by atoms with E-state index in [2.05, 4.69) is 12.2 Å². The maximum atomic E-state index is 12.8. The minimum absolute atomic E-state index is 0.0319. The van der Waals surface area contributed by atoms with Crippen LogP contribution in [0.5, 0.6) is 11.5 Å². The summed E-state index contributed by atoms with van der Waals surface area (Å²) in [5, 5.41) is 13.2. The number of hydrogen-bond acceptors (Lipinski definition) is 7. The fourth-order valence-electron chi connectivity index (χ4n) is 6.45. The van der Waals surface area contributed by atoms with Crippen LogP contribution in [-0.2, 0) is 14.3 Å². The molecule has 0 aromatic heterocycles. The van der Waals surface area contributed by atoms with E-state index in [1.165, 1.54) is 0 Å². The van der Waals surface area contributed by atoms with Crippen molar-refractivity contribution >= 4 is 17.7 Å². The minimum Gasteiger partial charge on any atom is -0.497 e. The van der Waals surface area contributed by atoms with Crippen LogP contribution in [0.15, 0.2) is 18.2 Å². The van der Waals surface area contributed by atoms with Gasteiger partial charge in [-0.05, 0) is 37.0 Å². The molecule has 3 aliphatic rings. The zero-order chi connectivity index (χ0) is 23.1. The molecule has 32 heavy (non-hydrogen) atoms. The Balaban J connectivity index is 1.50. The van der Waals surface area contributed by atoms with Crippen molar-refractivity contribution < 1.29 is 33.6 Å². The van der Waals surface area contributed by atoms with E-state index >= 15 is 0 Å². The van der Waals surface area contributed by atoms with Crippen molar-refractivity contribution in [2.75, 3.05) is 26.1 Å². The highest BCUT2D eigenvalue weighted by molar-refractivity contribution is 5.85. The van der Waals surface area contributed by atoms with Crippen molar-refractivity contribution in [1.29, 1.82) is 0 Å². The minimum atomic E-state index is -0.604. The van der Waals surface area contributed by atoms with Crippen LogP contribution in [0.2, 0.25) is 0 Å². The van der Waals surface area contributed by atoms with Gasteiger partial charge in [0.15, 0.2) is 0 Å². The van der Waals surface area contributed by atoms with Gasteiger partial charge in [0, 0.05) is 29.5 Å². The Morgan fingerprint density at radius 1 is 1.16 bits per heavy atom. The molecule has 2 N–H and O–H groups in total. The molecule has 1 aromatic carbocycles. The Morgan fingerprint density at radius 3 is 2.47 bits per heavy atom. The van der Waals surface area contributed by atoms with Crippen molar-refractivity contribution in [2.45, 2.75) is 58.2 Å². The lowest BCUT2D eigenvalue weighted by Gasteiger charge is -2.59. The van der Waals surface area contributed by atoms with Gasteiger partial charge < -0.3 is 24.1 Å². The van der Waals surface area contributed by atoms with E-state index < -0.39 is 17.6 Å². The van der Waals surface area contributed by atoms with Crippen LogP contribution in [0.3, 0.4) is 0 Å². The number of benzene rings is 1. The second-order valence-corrected chi connectivity index (χ2v) is 9.80. The smallest absolute Gasteiger partial charge is 0.411 e. The van der Waals surface area contributed by atoms with Gasteiger partial charge in [-0.3, -0.25) is 10.1 Å². The standard InChI is InChI=1S/C24H33NO7/c1-23-8-7-20(32-22(28)25-14-9-15(29-3)11-16(10-14)30-4)24(2,13-26)19(23)6-5-18-17(23)12-21(27)31-18/h9-11,17-20,26H,5-8,12-13H2,1-4H3,(H,25,28)/t17-,18+,19+,20-,23+,24+/m1/s1. The van der Waals surface area contributed by atoms with E-state index in [0.29, 0.717) is 30.0 Å². The normalized spacial score (nSPS) is 35.8. The zero-order valence-corrected chi connectivity index (χ0v) is 19.2. The number of aliphatic hydroxyl groups is 1. The van der Waals surface area contributed by atoms with E-state index in [0.717, 1.165) is 19.3 Å². The summed E-state index contributed by atoms with van der Waals surface area (Å²) < 4.78 is 21.9. The molecule has 2 saturated carbocycles. The summed E-state index contributed by atoms with van der Waals surface area (Å²) in [5.74, 6) is 1.26. The van der Waals surface area contributed by atoms with E-state index in [-0.39, 0.29) is 35.9 Å². The lowest BCUT2D eigenvalue weighted by molar-refractivity contribution is -0.174. The predicted molar refractivity (Wildman–Crippen MR) is 117 cm³/mol. The average molecular weight is 448 g/mol. The molecule has 2 aliphatic carbocycles. The largest absolute Gasteiger partial charge is 0.497 e. The number of rotatable bonds is 5. The molecule has 0 unspecified atom stereocenters. The first-order valence-electron chi connectivity index (χ1n) is 11.2. The molecular weight excluding hydrogens is 414 g/mol. The fourth-order valence-corrected chi connectivity index (χ4v) is 6.45. The summed E-state index contributed by atoms with van der Waals surface area (Å²) >= 11 is 0. The summed E-state index contributed by atoms with van der Waals surface area (Å²) in [6.45, 7) is 4.12. The monoisotopic (exact) mass is 447 g/mol. The van der Waals surface area contributed by atoms with Crippen molar-refractivity contribution in [3.8, 4) is 11.5 Å². The molecule has 1 heterocycles. The number of amides is 1. The van der Waals surface area contributed by atoms with Crippen LogP contribution < -0.4 is 14.8 Å². The van der Waals surface area contributed by atoms with Crippen molar-refractivity contribution in [1.82, 2.24) is 0 Å². The Kier molecular flexibility index (Phi) is 6.00. The summed E-state index contributed by atoms with van der Waals surface area (Å²) in [5.41, 5.74) is -0.240. The highest BCUT2D eigenvalue weighted by atomic mass is 16.6. The van der Waals surface area contributed by atoms with Crippen LogP contribution in [0.1, 0.15) is 46.0 Å². The lowest BCUT2D eigenvalue weighted by atomic mass is 9.46. The number of esters is 1. The van der Waals surface area contributed by atoms with E-state index in [1.54, 1.807) is 32.4 Å². The highest BCUT2D eigenvalue weighted by Crippen LogP contribution is 2.62. The van der Waals surface area contributed by atoms with Gasteiger partial charge in [-0.1, -0.05) is 13.8 Å². The van der Waals surface area contributed by atoms with Crippen molar-refractivity contribution in [3.63, 3.8) is 0 Å². The molecule has 4 rings (SSSR count). The summed E-state index contributed by atoms with van der Waals surface area (Å²) in [6.07, 6.45) is 2.44. The molecule has 1 saturated heterocycles. The van der Waals surface area contributed by atoms with Gasteiger partial charge >= 0.3 is 12.1 Å². The molecule has 0 spiro atoms. The Bertz CT molecular complexity index is 867. The molecule has 1 amide bonds. The number of hydrogen-bond donors (Lipinski definition) is 2. The number of nitrogens with one attached hydrogen (secondary N) is 1. The first kappa shape index (κ1) is 22.7. The van der Waals surface area contributed by atoms with Gasteiger partial charge in [0.25, 0.3) is 0 Å². The van der Waals surface area contributed by atoms with E-state index in [9.17, 15) is 14.7 Å². The average Bonchev–Trinajstić information content (AvgIpc) is 3.17. The second-order valence-electron chi connectivity index (χ2n) is 9.80. The molecule has 1 aliphatic heterocycles. The van der Waals surface area contributed by atoms with E-state index in [1.807, 2.05) is 6.92 Å². The number of carbonyl (C=O) groups excluding carboxylic acids is 2. The third-order valence-electron chi connectivity index (χ3n) is 8.17. The Labute approximate surface area is 188 Å². The van der Waals surface area contributed by atoms with Gasteiger partial charge in [0.05, 0.1) is 32.9 Å². The first-order valence-corrected chi connectivity index (χ1v) is 11.2. The quantitative estimate of drug-likeness (QED) is 0.663. The lowest BCUT2D eigenvalue weighted by Crippen LogP contribution is -2.59. The van der Waals surface area contributed by atoms with Gasteiger partial charge in [-0.2, -0.15) is 0 Å². The number of aliphatic hydroxyl groups excluding tert-OH is 1. The van der Waals surface area contributed by atoms with Gasteiger partial charge in [0.1, 0.15) is 23.7 Å². The highest BCUT2D eigenvalue weighted by Gasteiger charge is 2.62. The van der Waals surface area contributed by atoms with Crippen LogP contribution in [0.25, 0.3) is 0 Å². The van der Waals surface area contributed by atoms with Gasteiger partial charge in [-0.15, -0.1) is 0 Å². The Morgan fingerprint density at radius 2 is 1.84 bits per heavy atom. The third kappa shape index (κ3) is 3.78. The van der Waals surface area contributed by atoms with E-state index in [4.69, 9.17) is 18.9 Å². The molecule has 0 radical (unpaired) electrons. The number of ether oxygens (including phenoxy) is 4. The number of anilines is 1. The first-order chi connectivity index (χ1) is 15.2. The van der Waals surface area contributed by atoms with Crippen LogP contribution >= 0.6 is 0 Å². The van der Waals surface area contributed by atoms with Gasteiger partial charge in [-0.25, -0.2) is 4.79 Å².